The van der Waals surface area contributed by atoms with Crippen LogP contribution < -0.4 is 0 Å². The zero-order valence-corrected chi connectivity index (χ0v) is 8.96. The molecule has 0 aliphatic carbocycles. The molecule has 1 aromatic carbocycles. The van der Waals surface area contributed by atoms with E-state index in [2.05, 4.69) is 15.9 Å². The number of rotatable bonds is 1. The summed E-state index contributed by atoms with van der Waals surface area (Å²) in [5.41, 5.74) is 0. The van der Waals surface area contributed by atoms with Gasteiger partial charge in [0.2, 0.25) is 0 Å². The summed E-state index contributed by atoms with van der Waals surface area (Å²) in [4.78, 5) is 0.668. The molecule has 1 aromatic rings. The summed E-state index contributed by atoms with van der Waals surface area (Å²) >= 11 is 9.05. The quantitative estimate of drug-likeness (QED) is 0.752. The lowest BCUT2D eigenvalue weighted by atomic mass is 10.4. The number of halogens is 2. The largest absolute Gasteiger partial charge is 0.255 e. The van der Waals surface area contributed by atoms with Crippen LogP contribution in [0.5, 0.6) is 0 Å². The average Bonchev–Trinajstić information content (AvgIpc) is 1.94. The van der Waals surface area contributed by atoms with Crippen molar-refractivity contribution in [1.29, 1.82) is 0 Å². The minimum atomic E-state index is -1.01. The van der Waals surface area contributed by atoms with Crippen molar-refractivity contribution in [1.82, 2.24) is 0 Å². The lowest BCUT2D eigenvalue weighted by molar-refractivity contribution is 0.687. The van der Waals surface area contributed by atoms with Gasteiger partial charge in [0.25, 0.3) is 0 Å². The number of hydrogen-bond acceptors (Lipinski definition) is 1. The molecule has 0 saturated heterocycles. The minimum Gasteiger partial charge on any atom is -0.255 e. The molecular weight excluding hydrogens is 248 g/mol. The van der Waals surface area contributed by atoms with E-state index in [1.54, 1.807) is 18.4 Å². The smallest absolute Gasteiger partial charge is 0.0582 e. The van der Waals surface area contributed by atoms with E-state index in [9.17, 15) is 4.21 Å². The van der Waals surface area contributed by atoms with Crippen molar-refractivity contribution in [2.24, 2.45) is 0 Å². The summed E-state index contributed by atoms with van der Waals surface area (Å²) in [6, 6.07) is 5.31. The van der Waals surface area contributed by atoms with Crippen molar-refractivity contribution in [2.45, 2.75) is 4.90 Å². The molecule has 0 bridgehead atoms. The molecule has 0 saturated carbocycles. The molecule has 0 aromatic heterocycles. The van der Waals surface area contributed by atoms with Crippen LogP contribution in [0.4, 0.5) is 0 Å². The maximum atomic E-state index is 11.0. The van der Waals surface area contributed by atoms with Gasteiger partial charge in [0.15, 0.2) is 0 Å². The van der Waals surface area contributed by atoms with E-state index < -0.39 is 10.8 Å². The van der Waals surface area contributed by atoms with Crippen molar-refractivity contribution in [3.8, 4) is 0 Å². The van der Waals surface area contributed by atoms with Crippen LogP contribution in [-0.2, 0) is 10.8 Å². The maximum Gasteiger partial charge on any atom is 0.0582 e. The van der Waals surface area contributed by atoms with E-state index >= 15 is 0 Å². The topological polar surface area (TPSA) is 17.1 Å². The van der Waals surface area contributed by atoms with Gasteiger partial charge in [0.1, 0.15) is 0 Å². The third-order valence-electron chi connectivity index (χ3n) is 1.20. The van der Waals surface area contributed by atoms with Crippen LogP contribution >= 0.6 is 27.5 Å². The Morgan fingerprint density at radius 1 is 1.55 bits per heavy atom. The Morgan fingerprint density at radius 2 is 2.18 bits per heavy atom. The van der Waals surface area contributed by atoms with E-state index in [4.69, 9.17) is 11.6 Å². The molecule has 0 heterocycles. The highest BCUT2D eigenvalue weighted by Crippen LogP contribution is 2.22. The summed E-state index contributed by atoms with van der Waals surface area (Å²) < 4.78 is 11.9. The fourth-order valence-electron chi connectivity index (χ4n) is 0.697. The molecule has 0 aliphatic heterocycles. The highest BCUT2D eigenvalue weighted by atomic mass is 79.9. The molecule has 0 N–H and O–H groups in total. The molecule has 0 fully saturated rings. The molecule has 1 unspecified atom stereocenters. The third kappa shape index (κ3) is 2.29. The van der Waals surface area contributed by atoms with Gasteiger partial charge in [-0.25, -0.2) is 0 Å². The molecule has 0 amide bonds. The van der Waals surface area contributed by atoms with E-state index in [1.807, 2.05) is 6.07 Å². The number of benzene rings is 1. The molecule has 0 aliphatic rings. The monoisotopic (exact) mass is 252 g/mol. The molecule has 0 spiro atoms. The molecule has 60 valence electrons. The van der Waals surface area contributed by atoms with Crippen LogP contribution in [0, 0.1) is 0 Å². The summed E-state index contributed by atoms with van der Waals surface area (Å²) in [6.45, 7) is 0. The fraction of sp³-hybridized carbons (Fsp3) is 0.143. The van der Waals surface area contributed by atoms with Gasteiger partial charge in [0, 0.05) is 10.7 Å². The summed E-state index contributed by atoms with van der Waals surface area (Å²) in [6.07, 6.45) is 1.60. The van der Waals surface area contributed by atoms with Crippen LogP contribution in [-0.4, -0.2) is 10.5 Å². The Hall–Kier alpha value is 0.140. The first kappa shape index (κ1) is 9.23. The Labute approximate surface area is 81.3 Å². The van der Waals surface area contributed by atoms with Gasteiger partial charge in [-0.15, -0.1) is 0 Å². The van der Waals surface area contributed by atoms with Crippen molar-refractivity contribution in [3.05, 3.63) is 27.7 Å². The van der Waals surface area contributed by atoms with Gasteiger partial charge in [-0.05, 0) is 18.2 Å². The fourth-order valence-corrected chi connectivity index (χ4v) is 2.29. The first-order chi connectivity index (χ1) is 5.11. The second-order valence-electron chi connectivity index (χ2n) is 2.03. The van der Waals surface area contributed by atoms with Crippen molar-refractivity contribution >= 4 is 38.3 Å². The van der Waals surface area contributed by atoms with E-state index in [1.165, 1.54) is 0 Å². The Balaban J connectivity index is 3.23. The standard InChI is InChI=1S/C7H6BrClOS/c1-11(10)7-4-5(8)2-3-6(7)9/h2-4H,1H3. The molecule has 1 atom stereocenters. The molecule has 0 radical (unpaired) electrons. The second kappa shape index (κ2) is 3.70. The van der Waals surface area contributed by atoms with Crippen molar-refractivity contribution in [3.63, 3.8) is 0 Å². The van der Waals surface area contributed by atoms with E-state index in [-0.39, 0.29) is 0 Å². The van der Waals surface area contributed by atoms with Crippen molar-refractivity contribution < 1.29 is 4.21 Å². The zero-order chi connectivity index (χ0) is 8.43. The average molecular weight is 254 g/mol. The Bertz CT molecular complexity index is 300. The SMILES string of the molecule is CS(=O)c1cc(Br)ccc1Cl. The van der Waals surface area contributed by atoms with Gasteiger partial charge in [0.05, 0.1) is 20.7 Å². The van der Waals surface area contributed by atoms with Gasteiger partial charge in [-0.2, -0.15) is 0 Å². The predicted octanol–water partition coefficient (Wildman–Crippen LogP) is 2.84. The second-order valence-corrected chi connectivity index (χ2v) is 4.70. The Kier molecular flexibility index (Phi) is 3.10. The van der Waals surface area contributed by atoms with Crippen LogP contribution in [0.1, 0.15) is 0 Å². The van der Waals surface area contributed by atoms with Crippen LogP contribution in [0.25, 0.3) is 0 Å². The predicted molar refractivity (Wildman–Crippen MR) is 51.5 cm³/mol. The first-order valence-corrected chi connectivity index (χ1v) is 5.62. The van der Waals surface area contributed by atoms with Gasteiger partial charge in [-0.3, -0.25) is 4.21 Å². The highest BCUT2D eigenvalue weighted by Gasteiger charge is 2.03. The third-order valence-corrected chi connectivity index (χ3v) is 3.09. The zero-order valence-electron chi connectivity index (χ0n) is 5.80. The van der Waals surface area contributed by atoms with Crippen LogP contribution in [0.2, 0.25) is 5.02 Å². The van der Waals surface area contributed by atoms with Gasteiger partial charge >= 0.3 is 0 Å². The lowest BCUT2D eigenvalue weighted by Crippen LogP contribution is -1.87. The minimum absolute atomic E-state index is 0.550. The van der Waals surface area contributed by atoms with E-state index in [0.29, 0.717) is 9.92 Å². The molecule has 4 heteroatoms. The summed E-state index contributed by atoms with van der Waals surface area (Å²) in [7, 11) is -1.01. The van der Waals surface area contributed by atoms with Crippen molar-refractivity contribution in [2.75, 3.05) is 6.26 Å². The van der Waals surface area contributed by atoms with Gasteiger partial charge < -0.3 is 0 Å². The van der Waals surface area contributed by atoms with Crippen LogP contribution in [0.15, 0.2) is 27.6 Å². The normalized spacial score (nSPS) is 13.0. The summed E-state index contributed by atoms with van der Waals surface area (Å²) in [5, 5.41) is 0.550. The highest BCUT2D eigenvalue weighted by molar-refractivity contribution is 9.10. The molecule has 1 nitrogen and oxygen atoms in total. The maximum absolute atomic E-state index is 11.0. The molecular formula is C7H6BrClOS. The number of hydrogen-bond donors (Lipinski definition) is 0. The first-order valence-electron chi connectivity index (χ1n) is 2.90. The Morgan fingerprint density at radius 3 is 2.64 bits per heavy atom. The molecule has 11 heavy (non-hydrogen) atoms. The summed E-state index contributed by atoms with van der Waals surface area (Å²) in [5.74, 6) is 0. The van der Waals surface area contributed by atoms with E-state index in [0.717, 1.165) is 4.47 Å². The van der Waals surface area contributed by atoms with Gasteiger partial charge in [-0.1, -0.05) is 27.5 Å². The lowest BCUT2D eigenvalue weighted by Gasteiger charge is -1.99. The van der Waals surface area contributed by atoms with Crippen LogP contribution in [0.3, 0.4) is 0 Å². The molecule has 1 rings (SSSR count).